The smallest absolute Gasteiger partial charge is 0.167 e. The van der Waals surface area contributed by atoms with E-state index < -0.39 is 5.82 Å². The Balaban J connectivity index is 2.31. The molecule has 2 aromatic carbocycles. The molecule has 4 N–H and O–H groups in total. The summed E-state index contributed by atoms with van der Waals surface area (Å²) >= 11 is 0. The first-order valence-electron chi connectivity index (χ1n) is 5.15. The maximum Gasteiger partial charge on any atom is 0.167 e. The van der Waals surface area contributed by atoms with E-state index in [0.717, 1.165) is 5.56 Å². The minimum atomic E-state index is -0.485. The molecule has 0 aliphatic carbocycles. The van der Waals surface area contributed by atoms with Crippen LogP contribution in [0.3, 0.4) is 0 Å². The van der Waals surface area contributed by atoms with Crippen molar-refractivity contribution in [1.82, 2.24) is 0 Å². The highest BCUT2D eigenvalue weighted by atomic mass is 19.1. The fraction of sp³-hybridized carbons (Fsp3) is 0.0769. The number of halogens is 1. The summed E-state index contributed by atoms with van der Waals surface area (Å²) in [4.78, 5) is 0. The first-order valence-corrected chi connectivity index (χ1v) is 5.15. The van der Waals surface area contributed by atoms with Crippen LogP contribution in [0.25, 0.3) is 0 Å². The predicted molar refractivity (Wildman–Crippen MR) is 66.5 cm³/mol. The Bertz CT molecular complexity index is 506. The Labute approximate surface area is 98.8 Å². The van der Waals surface area contributed by atoms with Crippen LogP contribution in [0.1, 0.15) is 5.56 Å². The molecule has 0 bridgehead atoms. The molecule has 0 aliphatic heterocycles. The van der Waals surface area contributed by atoms with Gasteiger partial charge < -0.3 is 16.2 Å². The molecule has 0 amide bonds. The van der Waals surface area contributed by atoms with Crippen molar-refractivity contribution in [2.24, 2.45) is 0 Å². The zero-order valence-electron chi connectivity index (χ0n) is 9.41. The highest BCUT2D eigenvalue weighted by molar-refractivity contribution is 5.49. The van der Waals surface area contributed by atoms with Gasteiger partial charge in [-0.25, -0.2) is 4.39 Å². The molecule has 0 spiro atoms. The molecule has 2 aromatic rings. The molecule has 0 saturated carbocycles. The number of nitrogens with two attached hydrogens (primary N) is 2. The quantitative estimate of drug-likeness (QED) is 0.782. The van der Waals surface area contributed by atoms with Crippen LogP contribution in [0, 0.1) is 12.7 Å². The molecule has 0 aliphatic rings. The Morgan fingerprint density at radius 1 is 0.941 bits per heavy atom. The van der Waals surface area contributed by atoms with Crippen LogP contribution in [-0.4, -0.2) is 0 Å². The van der Waals surface area contributed by atoms with Crippen molar-refractivity contribution in [2.45, 2.75) is 6.92 Å². The summed E-state index contributed by atoms with van der Waals surface area (Å²) in [5, 5.41) is 0. The van der Waals surface area contributed by atoms with Gasteiger partial charge in [-0.05, 0) is 42.8 Å². The summed E-state index contributed by atoms with van der Waals surface area (Å²) in [6.07, 6.45) is 0. The largest absolute Gasteiger partial charge is 0.454 e. The van der Waals surface area contributed by atoms with Crippen LogP contribution >= 0.6 is 0 Å². The van der Waals surface area contributed by atoms with Gasteiger partial charge in [-0.2, -0.15) is 0 Å². The highest BCUT2D eigenvalue weighted by Gasteiger charge is 2.07. The van der Waals surface area contributed by atoms with Gasteiger partial charge in [-0.1, -0.05) is 0 Å². The normalized spacial score (nSPS) is 10.2. The maximum atomic E-state index is 13.5. The second-order valence-corrected chi connectivity index (χ2v) is 3.82. The van der Waals surface area contributed by atoms with Gasteiger partial charge in [0, 0.05) is 17.4 Å². The molecule has 0 fully saturated rings. The van der Waals surface area contributed by atoms with E-state index >= 15 is 0 Å². The van der Waals surface area contributed by atoms with Gasteiger partial charge in [0.05, 0.1) is 0 Å². The standard InChI is InChI=1S/C13H13FN2O/c1-8-6-9(15)2-4-12(8)17-13-5-3-10(16)7-11(13)14/h2-7H,15-16H2,1H3. The number of hydrogen-bond acceptors (Lipinski definition) is 3. The van der Waals surface area contributed by atoms with Crippen molar-refractivity contribution < 1.29 is 9.13 Å². The van der Waals surface area contributed by atoms with Crippen molar-refractivity contribution >= 4 is 11.4 Å². The summed E-state index contributed by atoms with van der Waals surface area (Å²) in [6, 6.07) is 9.50. The zero-order chi connectivity index (χ0) is 12.4. The lowest BCUT2D eigenvalue weighted by molar-refractivity contribution is 0.440. The van der Waals surface area contributed by atoms with Crippen LogP contribution in [0.2, 0.25) is 0 Å². The molecule has 0 atom stereocenters. The summed E-state index contributed by atoms with van der Waals surface area (Å²) in [6.45, 7) is 1.85. The minimum Gasteiger partial charge on any atom is -0.454 e. The highest BCUT2D eigenvalue weighted by Crippen LogP contribution is 2.29. The molecule has 0 unspecified atom stereocenters. The van der Waals surface area contributed by atoms with Crippen LogP contribution in [0.5, 0.6) is 11.5 Å². The third kappa shape index (κ3) is 2.47. The van der Waals surface area contributed by atoms with Gasteiger partial charge in [0.1, 0.15) is 5.75 Å². The average Bonchev–Trinajstić information content (AvgIpc) is 2.25. The number of aryl methyl sites for hydroxylation is 1. The number of ether oxygens (including phenoxy) is 1. The maximum absolute atomic E-state index is 13.5. The number of hydrogen-bond donors (Lipinski definition) is 2. The summed E-state index contributed by atoms with van der Waals surface area (Å²) in [5.41, 5.74) is 12.9. The van der Waals surface area contributed by atoms with E-state index in [9.17, 15) is 4.39 Å². The third-order valence-corrected chi connectivity index (χ3v) is 2.37. The third-order valence-electron chi connectivity index (χ3n) is 2.37. The topological polar surface area (TPSA) is 61.3 Å². The molecule has 88 valence electrons. The lowest BCUT2D eigenvalue weighted by Crippen LogP contribution is -1.94. The van der Waals surface area contributed by atoms with Crippen LogP contribution in [-0.2, 0) is 0 Å². The van der Waals surface area contributed by atoms with Crippen LogP contribution in [0.15, 0.2) is 36.4 Å². The van der Waals surface area contributed by atoms with Crippen LogP contribution < -0.4 is 16.2 Å². The molecule has 0 saturated heterocycles. The second kappa shape index (κ2) is 4.33. The molecule has 3 nitrogen and oxygen atoms in total. The van der Waals surface area contributed by atoms with Gasteiger partial charge in [0.25, 0.3) is 0 Å². The fourth-order valence-electron chi connectivity index (χ4n) is 1.51. The lowest BCUT2D eigenvalue weighted by Gasteiger charge is -2.10. The first kappa shape index (κ1) is 11.3. The van der Waals surface area contributed by atoms with Gasteiger partial charge in [0.15, 0.2) is 11.6 Å². The Hall–Kier alpha value is -2.23. The van der Waals surface area contributed by atoms with Crippen molar-refractivity contribution in [3.05, 3.63) is 47.8 Å². The van der Waals surface area contributed by atoms with Gasteiger partial charge in [-0.3, -0.25) is 0 Å². The molecular weight excluding hydrogens is 219 g/mol. The average molecular weight is 232 g/mol. The van der Waals surface area contributed by atoms with Crippen molar-refractivity contribution in [3.63, 3.8) is 0 Å². The number of benzene rings is 2. The number of anilines is 2. The van der Waals surface area contributed by atoms with Gasteiger partial charge in [0.2, 0.25) is 0 Å². The molecule has 2 rings (SSSR count). The molecule has 4 heteroatoms. The van der Waals surface area contributed by atoms with E-state index in [4.69, 9.17) is 16.2 Å². The minimum absolute atomic E-state index is 0.145. The molecule has 0 aromatic heterocycles. The second-order valence-electron chi connectivity index (χ2n) is 3.82. The Morgan fingerprint density at radius 2 is 1.53 bits per heavy atom. The SMILES string of the molecule is Cc1cc(N)ccc1Oc1ccc(N)cc1F. The molecule has 0 heterocycles. The fourth-order valence-corrected chi connectivity index (χ4v) is 1.51. The lowest BCUT2D eigenvalue weighted by atomic mass is 10.2. The van der Waals surface area contributed by atoms with Crippen molar-refractivity contribution in [3.8, 4) is 11.5 Å². The number of rotatable bonds is 2. The monoisotopic (exact) mass is 232 g/mol. The molecule has 17 heavy (non-hydrogen) atoms. The van der Waals surface area contributed by atoms with Gasteiger partial charge in [-0.15, -0.1) is 0 Å². The van der Waals surface area contributed by atoms with Gasteiger partial charge >= 0.3 is 0 Å². The molecular formula is C13H13FN2O. The van der Waals surface area contributed by atoms with E-state index in [2.05, 4.69) is 0 Å². The summed E-state index contributed by atoms with van der Waals surface area (Å²) in [7, 11) is 0. The van der Waals surface area contributed by atoms with E-state index in [-0.39, 0.29) is 5.75 Å². The van der Waals surface area contributed by atoms with Crippen molar-refractivity contribution in [2.75, 3.05) is 11.5 Å². The summed E-state index contributed by atoms with van der Waals surface area (Å²) in [5.74, 6) is 0.233. The Morgan fingerprint density at radius 3 is 2.12 bits per heavy atom. The van der Waals surface area contributed by atoms with E-state index in [1.165, 1.54) is 12.1 Å². The number of nitrogen functional groups attached to an aromatic ring is 2. The van der Waals surface area contributed by atoms with E-state index in [0.29, 0.717) is 17.1 Å². The van der Waals surface area contributed by atoms with Crippen molar-refractivity contribution in [1.29, 1.82) is 0 Å². The first-order chi connectivity index (χ1) is 8.06. The Kier molecular flexibility index (Phi) is 2.87. The summed E-state index contributed by atoms with van der Waals surface area (Å²) < 4.78 is 19.0. The zero-order valence-corrected chi connectivity index (χ0v) is 9.41. The molecule has 0 radical (unpaired) electrons. The van der Waals surface area contributed by atoms with Crippen LogP contribution in [0.4, 0.5) is 15.8 Å². The predicted octanol–water partition coefficient (Wildman–Crippen LogP) is 3.09. The van der Waals surface area contributed by atoms with E-state index in [1.54, 1.807) is 24.3 Å². The van der Waals surface area contributed by atoms with E-state index in [1.807, 2.05) is 6.92 Å².